The van der Waals surface area contributed by atoms with Crippen LogP contribution >= 0.6 is 0 Å². The van der Waals surface area contributed by atoms with Crippen molar-refractivity contribution in [3.05, 3.63) is 18.3 Å². The van der Waals surface area contributed by atoms with Crippen LogP contribution in [0.1, 0.15) is 32.6 Å². The Bertz CT molecular complexity index is 434. The lowest BCUT2D eigenvalue weighted by Gasteiger charge is -2.09. The number of aromatic nitrogens is 1. The number of pyridine rings is 1. The molecule has 0 aliphatic rings. The number of hydrogen-bond donors (Lipinski definition) is 2. The summed E-state index contributed by atoms with van der Waals surface area (Å²) in [7, 11) is 0. The predicted octanol–water partition coefficient (Wildman–Crippen LogP) is 2.06. The van der Waals surface area contributed by atoms with E-state index in [0.29, 0.717) is 31.0 Å². The van der Waals surface area contributed by atoms with Gasteiger partial charge < -0.3 is 15.2 Å². The fourth-order valence-corrected chi connectivity index (χ4v) is 1.51. The number of rotatable bonds is 8. The normalized spacial score (nSPS) is 9.95. The number of carbonyl (C=O) groups excluding carboxylic acids is 1. The highest BCUT2D eigenvalue weighted by atomic mass is 16.5. The molecule has 0 saturated heterocycles. The molecule has 1 amide bonds. The molecule has 1 aromatic heterocycles. The van der Waals surface area contributed by atoms with Crippen molar-refractivity contribution in [2.45, 2.75) is 32.6 Å². The van der Waals surface area contributed by atoms with Crippen LogP contribution in [-0.2, 0) is 9.59 Å². The molecule has 0 spiro atoms. The summed E-state index contributed by atoms with van der Waals surface area (Å²) in [5.74, 6) is -0.616. The third-order valence-electron chi connectivity index (χ3n) is 2.37. The van der Waals surface area contributed by atoms with Crippen molar-refractivity contribution < 1.29 is 19.4 Å². The number of carbonyl (C=O) groups is 2. The van der Waals surface area contributed by atoms with Gasteiger partial charge in [-0.2, -0.15) is 0 Å². The standard InChI is InChI=1S/C13H18N2O4/c1-2-19-13-10(6-5-9-14-13)15-11(16)7-3-4-8-12(17)18/h5-6,9H,2-4,7-8H2,1H3,(H,15,16)(H,17,18). The Morgan fingerprint density at radius 2 is 2.11 bits per heavy atom. The summed E-state index contributed by atoms with van der Waals surface area (Å²) in [6.45, 7) is 2.31. The zero-order chi connectivity index (χ0) is 14.1. The molecule has 0 unspecified atom stereocenters. The number of anilines is 1. The van der Waals surface area contributed by atoms with Gasteiger partial charge in [0.15, 0.2) is 0 Å². The van der Waals surface area contributed by atoms with Gasteiger partial charge in [-0.05, 0) is 31.9 Å². The third kappa shape index (κ3) is 5.85. The molecule has 1 aromatic rings. The van der Waals surface area contributed by atoms with Crippen molar-refractivity contribution in [2.24, 2.45) is 0 Å². The average molecular weight is 266 g/mol. The van der Waals surface area contributed by atoms with E-state index in [4.69, 9.17) is 9.84 Å². The summed E-state index contributed by atoms with van der Waals surface area (Å²) in [6, 6.07) is 3.43. The number of carboxylic acids is 1. The van der Waals surface area contributed by atoms with E-state index >= 15 is 0 Å². The Morgan fingerprint density at radius 3 is 2.79 bits per heavy atom. The molecule has 6 nitrogen and oxygen atoms in total. The first-order valence-electron chi connectivity index (χ1n) is 6.23. The molecule has 1 heterocycles. The van der Waals surface area contributed by atoms with Crippen LogP contribution in [0.3, 0.4) is 0 Å². The molecule has 104 valence electrons. The van der Waals surface area contributed by atoms with Crippen LogP contribution in [0.4, 0.5) is 5.69 Å². The minimum absolute atomic E-state index is 0.0877. The first kappa shape index (κ1) is 14.9. The van der Waals surface area contributed by atoms with Gasteiger partial charge in [-0.25, -0.2) is 4.98 Å². The van der Waals surface area contributed by atoms with Gasteiger partial charge in [0.1, 0.15) is 5.69 Å². The summed E-state index contributed by atoms with van der Waals surface area (Å²) >= 11 is 0. The number of ether oxygens (including phenoxy) is 1. The average Bonchev–Trinajstić information content (AvgIpc) is 2.37. The van der Waals surface area contributed by atoms with Crippen LogP contribution in [0, 0.1) is 0 Å². The Kier molecular flexibility index (Phi) is 6.35. The molecule has 0 radical (unpaired) electrons. The number of hydrogen-bond acceptors (Lipinski definition) is 4. The highest BCUT2D eigenvalue weighted by molar-refractivity contribution is 5.91. The number of unbranched alkanes of at least 4 members (excludes halogenated alkanes) is 1. The minimum atomic E-state index is -0.841. The molecule has 19 heavy (non-hydrogen) atoms. The molecule has 0 fully saturated rings. The predicted molar refractivity (Wildman–Crippen MR) is 70.1 cm³/mol. The fourth-order valence-electron chi connectivity index (χ4n) is 1.51. The first-order valence-corrected chi connectivity index (χ1v) is 6.23. The van der Waals surface area contributed by atoms with Crippen LogP contribution in [0.25, 0.3) is 0 Å². The van der Waals surface area contributed by atoms with Gasteiger partial charge in [0.05, 0.1) is 6.61 Å². The lowest BCUT2D eigenvalue weighted by atomic mass is 10.2. The zero-order valence-corrected chi connectivity index (χ0v) is 10.9. The van der Waals surface area contributed by atoms with E-state index in [0.717, 1.165) is 0 Å². The number of nitrogens with one attached hydrogen (secondary N) is 1. The number of aliphatic carboxylic acids is 1. The molecule has 0 saturated carbocycles. The van der Waals surface area contributed by atoms with Crippen molar-refractivity contribution in [1.82, 2.24) is 4.98 Å². The largest absolute Gasteiger partial charge is 0.481 e. The maximum atomic E-state index is 11.7. The summed E-state index contributed by atoms with van der Waals surface area (Å²) in [4.78, 5) is 26.0. The van der Waals surface area contributed by atoms with E-state index in [-0.39, 0.29) is 18.7 Å². The minimum Gasteiger partial charge on any atom is -0.481 e. The van der Waals surface area contributed by atoms with Crippen molar-refractivity contribution in [2.75, 3.05) is 11.9 Å². The van der Waals surface area contributed by atoms with Gasteiger partial charge in [-0.1, -0.05) is 0 Å². The monoisotopic (exact) mass is 266 g/mol. The number of amides is 1. The Morgan fingerprint density at radius 1 is 1.37 bits per heavy atom. The molecule has 0 aliphatic heterocycles. The van der Waals surface area contributed by atoms with Crippen LogP contribution in [0.5, 0.6) is 5.88 Å². The zero-order valence-electron chi connectivity index (χ0n) is 10.9. The molecule has 0 atom stereocenters. The van der Waals surface area contributed by atoms with Gasteiger partial charge in [-0.15, -0.1) is 0 Å². The van der Waals surface area contributed by atoms with E-state index in [1.54, 1.807) is 18.3 Å². The molecule has 1 rings (SSSR count). The van der Waals surface area contributed by atoms with Gasteiger partial charge >= 0.3 is 5.97 Å². The lowest BCUT2D eigenvalue weighted by Crippen LogP contribution is -2.13. The maximum Gasteiger partial charge on any atom is 0.303 e. The lowest BCUT2D eigenvalue weighted by molar-refractivity contribution is -0.137. The van der Waals surface area contributed by atoms with Crippen molar-refractivity contribution >= 4 is 17.6 Å². The number of nitrogens with zero attached hydrogens (tertiary/aromatic N) is 1. The Hall–Kier alpha value is -2.11. The van der Waals surface area contributed by atoms with E-state index in [2.05, 4.69) is 10.3 Å². The second-order valence-corrected chi connectivity index (χ2v) is 3.94. The first-order chi connectivity index (χ1) is 9.13. The van der Waals surface area contributed by atoms with Crippen molar-refractivity contribution in [3.63, 3.8) is 0 Å². The van der Waals surface area contributed by atoms with Crippen LogP contribution in [0.15, 0.2) is 18.3 Å². The van der Waals surface area contributed by atoms with E-state index in [1.165, 1.54) is 0 Å². The summed E-state index contributed by atoms with van der Waals surface area (Å²) in [5.41, 5.74) is 0.535. The van der Waals surface area contributed by atoms with E-state index in [1.807, 2.05) is 6.92 Å². The Labute approximate surface area is 111 Å². The second kappa shape index (κ2) is 8.07. The van der Waals surface area contributed by atoms with Crippen LogP contribution < -0.4 is 10.1 Å². The quantitative estimate of drug-likeness (QED) is 0.703. The van der Waals surface area contributed by atoms with Gasteiger partial charge in [0.25, 0.3) is 0 Å². The smallest absolute Gasteiger partial charge is 0.303 e. The molecule has 0 bridgehead atoms. The highest BCUT2D eigenvalue weighted by Gasteiger charge is 2.08. The molecular weight excluding hydrogens is 248 g/mol. The molecule has 2 N–H and O–H groups in total. The van der Waals surface area contributed by atoms with Gasteiger partial charge in [-0.3, -0.25) is 9.59 Å². The van der Waals surface area contributed by atoms with Gasteiger partial charge in [0, 0.05) is 19.0 Å². The molecule has 6 heteroatoms. The summed E-state index contributed by atoms with van der Waals surface area (Å²) in [6.07, 6.45) is 3.00. The third-order valence-corrected chi connectivity index (χ3v) is 2.37. The van der Waals surface area contributed by atoms with Gasteiger partial charge in [0.2, 0.25) is 11.8 Å². The van der Waals surface area contributed by atoms with Crippen molar-refractivity contribution in [3.8, 4) is 5.88 Å². The Balaban J connectivity index is 2.41. The molecular formula is C13H18N2O4. The van der Waals surface area contributed by atoms with Crippen LogP contribution in [-0.4, -0.2) is 28.6 Å². The molecule has 0 aromatic carbocycles. The molecule has 0 aliphatic carbocycles. The van der Waals surface area contributed by atoms with E-state index in [9.17, 15) is 9.59 Å². The van der Waals surface area contributed by atoms with E-state index < -0.39 is 5.97 Å². The summed E-state index contributed by atoms with van der Waals surface area (Å²) < 4.78 is 5.29. The summed E-state index contributed by atoms with van der Waals surface area (Å²) in [5, 5.41) is 11.2. The van der Waals surface area contributed by atoms with Crippen LogP contribution in [0.2, 0.25) is 0 Å². The SMILES string of the molecule is CCOc1ncccc1NC(=O)CCCCC(=O)O. The highest BCUT2D eigenvalue weighted by Crippen LogP contribution is 2.20. The maximum absolute atomic E-state index is 11.7. The number of carboxylic acid groups (broad SMARTS) is 1. The topological polar surface area (TPSA) is 88.5 Å². The van der Waals surface area contributed by atoms with Crippen molar-refractivity contribution in [1.29, 1.82) is 0 Å². The fraction of sp³-hybridized carbons (Fsp3) is 0.462. The second-order valence-electron chi connectivity index (χ2n) is 3.94.